The van der Waals surface area contributed by atoms with Gasteiger partial charge in [0.15, 0.2) is 0 Å². The number of aryl methyl sites for hydroxylation is 1. The van der Waals surface area contributed by atoms with Crippen molar-refractivity contribution in [1.82, 2.24) is 14.5 Å². The van der Waals surface area contributed by atoms with E-state index in [0.717, 1.165) is 5.69 Å². The van der Waals surface area contributed by atoms with Crippen molar-refractivity contribution in [2.24, 2.45) is 0 Å². The van der Waals surface area contributed by atoms with Crippen LogP contribution in [0.1, 0.15) is 5.69 Å². The Morgan fingerprint density at radius 2 is 2.00 bits per heavy atom. The SMILES string of the molecule is Cc1ccc(NCCS(=O)(=O)N(C)C)nn1. The minimum Gasteiger partial charge on any atom is -0.368 e. The molecule has 0 bridgehead atoms. The Bertz CT molecular complexity index is 427. The maximum absolute atomic E-state index is 11.4. The quantitative estimate of drug-likeness (QED) is 0.794. The zero-order valence-electron chi connectivity index (χ0n) is 9.64. The Kier molecular flexibility index (Phi) is 4.19. The highest BCUT2D eigenvalue weighted by Gasteiger charge is 2.12. The van der Waals surface area contributed by atoms with Crippen LogP contribution in [-0.4, -0.2) is 49.3 Å². The van der Waals surface area contributed by atoms with E-state index in [-0.39, 0.29) is 5.75 Å². The molecule has 0 aromatic carbocycles. The fourth-order valence-corrected chi connectivity index (χ4v) is 1.71. The number of sulfonamides is 1. The van der Waals surface area contributed by atoms with Crippen LogP contribution in [0, 0.1) is 6.92 Å². The molecule has 0 spiro atoms. The molecule has 0 aliphatic heterocycles. The number of rotatable bonds is 5. The minimum atomic E-state index is -3.15. The zero-order valence-corrected chi connectivity index (χ0v) is 10.5. The summed E-state index contributed by atoms with van der Waals surface area (Å²) >= 11 is 0. The summed E-state index contributed by atoms with van der Waals surface area (Å²) in [4.78, 5) is 0. The first-order valence-corrected chi connectivity index (χ1v) is 6.47. The van der Waals surface area contributed by atoms with Gasteiger partial charge in [0, 0.05) is 20.6 Å². The molecule has 0 amide bonds. The Labute approximate surface area is 95.7 Å². The highest BCUT2D eigenvalue weighted by atomic mass is 32.2. The Balaban J connectivity index is 2.45. The van der Waals surface area contributed by atoms with Gasteiger partial charge in [0.25, 0.3) is 0 Å². The molecule has 7 heteroatoms. The number of nitrogens with one attached hydrogen (secondary N) is 1. The average molecular weight is 244 g/mol. The fraction of sp³-hybridized carbons (Fsp3) is 0.556. The van der Waals surface area contributed by atoms with Gasteiger partial charge >= 0.3 is 0 Å². The van der Waals surface area contributed by atoms with Crippen molar-refractivity contribution in [2.75, 3.05) is 31.7 Å². The van der Waals surface area contributed by atoms with E-state index in [1.165, 1.54) is 18.4 Å². The molecule has 1 aromatic rings. The summed E-state index contributed by atoms with van der Waals surface area (Å²) in [6.07, 6.45) is 0. The number of hydrogen-bond donors (Lipinski definition) is 1. The second-order valence-electron chi connectivity index (χ2n) is 3.59. The molecule has 0 saturated carbocycles. The van der Waals surface area contributed by atoms with Crippen LogP contribution in [-0.2, 0) is 10.0 Å². The lowest BCUT2D eigenvalue weighted by Crippen LogP contribution is -2.28. The molecule has 1 heterocycles. The van der Waals surface area contributed by atoms with Crippen LogP contribution in [0.5, 0.6) is 0 Å². The molecule has 0 unspecified atom stereocenters. The summed E-state index contributed by atoms with van der Waals surface area (Å²) in [6, 6.07) is 3.58. The van der Waals surface area contributed by atoms with Gasteiger partial charge in [0.05, 0.1) is 11.4 Å². The number of hydrogen-bond acceptors (Lipinski definition) is 5. The van der Waals surface area contributed by atoms with E-state index >= 15 is 0 Å². The van der Waals surface area contributed by atoms with Gasteiger partial charge in [-0.3, -0.25) is 0 Å². The lowest BCUT2D eigenvalue weighted by molar-refractivity contribution is 0.521. The van der Waals surface area contributed by atoms with E-state index in [1.807, 2.05) is 13.0 Å². The lowest BCUT2D eigenvalue weighted by Gasteiger charge is -2.11. The maximum atomic E-state index is 11.4. The first-order chi connectivity index (χ1) is 7.42. The maximum Gasteiger partial charge on any atom is 0.215 e. The molecular weight excluding hydrogens is 228 g/mol. The molecule has 90 valence electrons. The van der Waals surface area contributed by atoms with Crippen molar-refractivity contribution in [3.8, 4) is 0 Å². The van der Waals surface area contributed by atoms with E-state index in [1.54, 1.807) is 6.07 Å². The highest BCUT2D eigenvalue weighted by molar-refractivity contribution is 7.89. The molecule has 0 aliphatic rings. The van der Waals surface area contributed by atoms with Gasteiger partial charge in [0.2, 0.25) is 10.0 Å². The van der Waals surface area contributed by atoms with Crippen LogP contribution in [0.3, 0.4) is 0 Å². The average Bonchev–Trinajstić information content (AvgIpc) is 2.20. The Morgan fingerprint density at radius 1 is 1.31 bits per heavy atom. The van der Waals surface area contributed by atoms with Crippen molar-refractivity contribution >= 4 is 15.8 Å². The second-order valence-corrected chi connectivity index (χ2v) is 5.89. The highest BCUT2D eigenvalue weighted by Crippen LogP contribution is 2.01. The molecule has 1 N–H and O–H groups in total. The topological polar surface area (TPSA) is 75.2 Å². The van der Waals surface area contributed by atoms with E-state index < -0.39 is 10.0 Å². The second kappa shape index (κ2) is 5.22. The normalized spacial score (nSPS) is 11.8. The van der Waals surface area contributed by atoms with Gasteiger partial charge in [-0.1, -0.05) is 0 Å². The van der Waals surface area contributed by atoms with Crippen LogP contribution in [0.25, 0.3) is 0 Å². The third kappa shape index (κ3) is 3.74. The predicted molar refractivity (Wildman–Crippen MR) is 62.7 cm³/mol. The summed E-state index contributed by atoms with van der Waals surface area (Å²) in [5.41, 5.74) is 0.825. The Morgan fingerprint density at radius 3 is 2.50 bits per heavy atom. The van der Waals surface area contributed by atoms with Gasteiger partial charge in [-0.05, 0) is 19.1 Å². The number of aromatic nitrogens is 2. The smallest absolute Gasteiger partial charge is 0.215 e. The number of anilines is 1. The summed E-state index contributed by atoms with van der Waals surface area (Å²) in [6.45, 7) is 2.16. The molecule has 0 fully saturated rings. The third-order valence-corrected chi connectivity index (χ3v) is 3.85. The molecule has 0 aliphatic carbocycles. The summed E-state index contributed by atoms with van der Waals surface area (Å²) < 4.78 is 24.1. The summed E-state index contributed by atoms with van der Waals surface area (Å²) in [5.74, 6) is 0.620. The van der Waals surface area contributed by atoms with Crippen molar-refractivity contribution in [2.45, 2.75) is 6.92 Å². The van der Waals surface area contributed by atoms with E-state index in [9.17, 15) is 8.42 Å². The van der Waals surface area contributed by atoms with Crippen molar-refractivity contribution in [3.05, 3.63) is 17.8 Å². The van der Waals surface area contributed by atoms with Gasteiger partial charge in [0.1, 0.15) is 5.82 Å². The largest absolute Gasteiger partial charge is 0.368 e. The summed E-state index contributed by atoms with van der Waals surface area (Å²) in [5, 5.41) is 10.6. The van der Waals surface area contributed by atoms with E-state index in [4.69, 9.17) is 0 Å². The Hall–Kier alpha value is -1.21. The molecule has 0 saturated heterocycles. The molecule has 0 radical (unpaired) electrons. The lowest BCUT2D eigenvalue weighted by atomic mass is 10.4. The molecule has 1 rings (SSSR count). The molecule has 0 atom stereocenters. The van der Waals surface area contributed by atoms with Gasteiger partial charge in [-0.25, -0.2) is 12.7 Å². The molecule has 1 aromatic heterocycles. The third-order valence-electron chi connectivity index (χ3n) is 2.02. The molecule has 6 nitrogen and oxygen atoms in total. The first kappa shape index (κ1) is 12.9. The molecule has 16 heavy (non-hydrogen) atoms. The van der Waals surface area contributed by atoms with Crippen LogP contribution >= 0.6 is 0 Å². The fourth-order valence-electron chi connectivity index (χ4n) is 0.984. The van der Waals surface area contributed by atoms with Crippen molar-refractivity contribution < 1.29 is 8.42 Å². The van der Waals surface area contributed by atoms with Gasteiger partial charge in [-0.2, -0.15) is 5.10 Å². The van der Waals surface area contributed by atoms with Gasteiger partial charge < -0.3 is 5.32 Å². The monoisotopic (exact) mass is 244 g/mol. The van der Waals surface area contributed by atoms with Crippen LogP contribution in [0.4, 0.5) is 5.82 Å². The predicted octanol–water partition coefficient (Wildman–Crippen LogP) is 0.0883. The number of nitrogens with zero attached hydrogens (tertiary/aromatic N) is 3. The minimum absolute atomic E-state index is 0.0373. The van der Waals surface area contributed by atoms with Crippen LogP contribution in [0.2, 0.25) is 0 Å². The van der Waals surface area contributed by atoms with Crippen molar-refractivity contribution in [1.29, 1.82) is 0 Å². The van der Waals surface area contributed by atoms with Crippen molar-refractivity contribution in [3.63, 3.8) is 0 Å². The van der Waals surface area contributed by atoms with Crippen LogP contribution < -0.4 is 5.32 Å². The summed E-state index contributed by atoms with van der Waals surface area (Å²) in [7, 11) is -0.124. The molecular formula is C9H16N4O2S. The van der Waals surface area contributed by atoms with Crippen LogP contribution in [0.15, 0.2) is 12.1 Å². The standard InChI is InChI=1S/C9H16N4O2S/c1-8-4-5-9(12-11-8)10-6-7-16(14,15)13(2)3/h4-5H,6-7H2,1-3H3,(H,10,12). The first-order valence-electron chi connectivity index (χ1n) is 4.86. The van der Waals surface area contributed by atoms with E-state index in [2.05, 4.69) is 15.5 Å². The zero-order chi connectivity index (χ0) is 12.2. The van der Waals surface area contributed by atoms with Gasteiger partial charge in [-0.15, -0.1) is 5.10 Å². The van der Waals surface area contributed by atoms with E-state index in [0.29, 0.717) is 12.4 Å².